The van der Waals surface area contributed by atoms with Crippen molar-refractivity contribution in [3.05, 3.63) is 29.8 Å². The third-order valence-electron chi connectivity index (χ3n) is 4.00. The van der Waals surface area contributed by atoms with Gasteiger partial charge in [-0.05, 0) is 37.0 Å². The zero-order valence-corrected chi connectivity index (χ0v) is 14.7. The van der Waals surface area contributed by atoms with Crippen LogP contribution in [-0.4, -0.2) is 45.2 Å². The smallest absolute Gasteiger partial charge is 0.229 e. The molecule has 2 rings (SSSR count). The van der Waals surface area contributed by atoms with Crippen molar-refractivity contribution in [1.82, 2.24) is 4.31 Å². The molecule has 5 nitrogen and oxygen atoms in total. The maximum Gasteiger partial charge on any atom is 0.243 e. The van der Waals surface area contributed by atoms with E-state index in [1.165, 1.54) is 4.31 Å². The number of aryl methyl sites for hydroxylation is 1. The van der Waals surface area contributed by atoms with Crippen molar-refractivity contribution in [2.75, 3.05) is 18.1 Å². The second kappa shape index (κ2) is 6.68. The van der Waals surface area contributed by atoms with Gasteiger partial charge in [-0.25, -0.2) is 16.8 Å². The maximum absolute atomic E-state index is 12.9. The van der Waals surface area contributed by atoms with E-state index in [2.05, 4.69) is 0 Å². The fourth-order valence-corrected chi connectivity index (χ4v) is 6.33. The number of sulfonamides is 1. The van der Waals surface area contributed by atoms with E-state index in [0.29, 0.717) is 19.4 Å². The van der Waals surface area contributed by atoms with Crippen molar-refractivity contribution >= 4 is 19.9 Å². The Balaban J connectivity index is 2.33. The normalized spacial score (nSPS) is 21.3. The van der Waals surface area contributed by atoms with Gasteiger partial charge in [0, 0.05) is 12.6 Å². The van der Waals surface area contributed by atoms with E-state index >= 15 is 0 Å². The van der Waals surface area contributed by atoms with Crippen LogP contribution < -0.4 is 0 Å². The summed E-state index contributed by atoms with van der Waals surface area (Å²) in [6.45, 7) is 4.25. The van der Waals surface area contributed by atoms with Crippen molar-refractivity contribution in [3.8, 4) is 0 Å². The molecular weight excluding hydrogens is 322 g/mol. The van der Waals surface area contributed by atoms with Crippen molar-refractivity contribution < 1.29 is 16.8 Å². The Morgan fingerprint density at radius 1 is 1.18 bits per heavy atom. The summed E-state index contributed by atoms with van der Waals surface area (Å²) in [4.78, 5) is 0.238. The molecule has 22 heavy (non-hydrogen) atoms. The van der Waals surface area contributed by atoms with E-state index in [-0.39, 0.29) is 16.4 Å². The van der Waals surface area contributed by atoms with Crippen LogP contribution in [0.4, 0.5) is 0 Å². The van der Waals surface area contributed by atoms with Crippen LogP contribution >= 0.6 is 0 Å². The number of hydrogen-bond donors (Lipinski definition) is 0. The van der Waals surface area contributed by atoms with E-state index in [0.717, 1.165) is 12.0 Å². The molecule has 1 aliphatic rings. The van der Waals surface area contributed by atoms with Crippen LogP contribution in [0.1, 0.15) is 32.3 Å². The Morgan fingerprint density at radius 3 is 2.27 bits per heavy atom. The molecule has 0 aromatic heterocycles. The van der Waals surface area contributed by atoms with Crippen LogP contribution in [0, 0.1) is 0 Å². The molecule has 1 aromatic carbocycles. The van der Waals surface area contributed by atoms with E-state index < -0.39 is 25.9 Å². The van der Waals surface area contributed by atoms with Gasteiger partial charge in [0.05, 0.1) is 16.4 Å². The first-order chi connectivity index (χ1) is 10.3. The zero-order valence-electron chi connectivity index (χ0n) is 13.0. The van der Waals surface area contributed by atoms with Crippen LogP contribution in [0.2, 0.25) is 0 Å². The summed E-state index contributed by atoms with van der Waals surface area (Å²) in [6.07, 6.45) is 1.89. The van der Waals surface area contributed by atoms with Crippen molar-refractivity contribution in [1.29, 1.82) is 0 Å². The standard InChI is InChI=1S/C15H23NO4S2/c1-3-10-16(14-9-11-21(17,18)12-14)22(19,20)15-7-5-13(4-2)6-8-15/h5-8,14H,3-4,9-12H2,1-2H3/t14-/m0/s1. The molecule has 0 amide bonds. The lowest BCUT2D eigenvalue weighted by atomic mass is 10.2. The van der Waals surface area contributed by atoms with Crippen LogP contribution in [0.25, 0.3) is 0 Å². The molecule has 0 radical (unpaired) electrons. The van der Waals surface area contributed by atoms with Crippen LogP contribution in [-0.2, 0) is 26.3 Å². The number of rotatable bonds is 6. The minimum atomic E-state index is -3.65. The molecule has 1 saturated heterocycles. The summed E-state index contributed by atoms with van der Waals surface area (Å²) in [6, 6.07) is 6.39. The molecule has 1 aromatic rings. The van der Waals surface area contributed by atoms with Crippen molar-refractivity contribution in [2.24, 2.45) is 0 Å². The minimum Gasteiger partial charge on any atom is -0.229 e. The topological polar surface area (TPSA) is 71.5 Å². The van der Waals surface area contributed by atoms with Gasteiger partial charge in [0.1, 0.15) is 0 Å². The molecular formula is C15H23NO4S2. The molecule has 0 aliphatic carbocycles. The summed E-state index contributed by atoms with van der Waals surface area (Å²) >= 11 is 0. The Hall–Kier alpha value is -0.920. The third-order valence-corrected chi connectivity index (χ3v) is 7.71. The highest BCUT2D eigenvalue weighted by Gasteiger charge is 2.38. The van der Waals surface area contributed by atoms with Crippen LogP contribution in [0.5, 0.6) is 0 Å². The van der Waals surface area contributed by atoms with Crippen LogP contribution in [0.3, 0.4) is 0 Å². The summed E-state index contributed by atoms with van der Waals surface area (Å²) in [7, 11) is -6.77. The zero-order chi connectivity index (χ0) is 16.4. The highest BCUT2D eigenvalue weighted by Crippen LogP contribution is 2.25. The summed E-state index contributed by atoms with van der Waals surface area (Å²) in [5.41, 5.74) is 1.07. The van der Waals surface area contributed by atoms with Crippen LogP contribution in [0.15, 0.2) is 29.2 Å². The molecule has 1 fully saturated rings. The van der Waals surface area contributed by atoms with Gasteiger partial charge in [-0.1, -0.05) is 26.0 Å². The first-order valence-corrected chi connectivity index (χ1v) is 10.9. The van der Waals surface area contributed by atoms with E-state index in [1.54, 1.807) is 12.1 Å². The second-order valence-electron chi connectivity index (χ2n) is 5.67. The molecule has 1 atom stereocenters. The molecule has 0 bridgehead atoms. The van der Waals surface area contributed by atoms with Crippen molar-refractivity contribution in [3.63, 3.8) is 0 Å². The fraction of sp³-hybridized carbons (Fsp3) is 0.600. The Kier molecular flexibility index (Phi) is 5.29. The lowest BCUT2D eigenvalue weighted by Crippen LogP contribution is -2.41. The summed E-state index contributed by atoms with van der Waals surface area (Å²) in [5.74, 6) is 0.00144. The third kappa shape index (κ3) is 3.70. The SMILES string of the molecule is CCCN([C@H]1CCS(=O)(=O)C1)S(=O)(=O)c1ccc(CC)cc1. The molecule has 0 unspecified atom stereocenters. The molecule has 1 heterocycles. The largest absolute Gasteiger partial charge is 0.243 e. The van der Waals surface area contributed by atoms with E-state index in [9.17, 15) is 16.8 Å². The predicted molar refractivity (Wildman–Crippen MR) is 87.1 cm³/mol. The Bertz CT molecular complexity index is 708. The number of sulfone groups is 1. The number of hydrogen-bond acceptors (Lipinski definition) is 4. The van der Waals surface area contributed by atoms with Gasteiger partial charge in [0.2, 0.25) is 10.0 Å². The summed E-state index contributed by atoms with van der Waals surface area (Å²) < 4.78 is 50.4. The average molecular weight is 345 g/mol. The molecule has 0 spiro atoms. The quantitative estimate of drug-likeness (QED) is 0.789. The van der Waals surface area contributed by atoms with Gasteiger partial charge in [-0.3, -0.25) is 0 Å². The van der Waals surface area contributed by atoms with Gasteiger partial charge in [-0.2, -0.15) is 4.31 Å². The Labute approximate surface area is 133 Å². The molecule has 1 aliphatic heterocycles. The highest BCUT2D eigenvalue weighted by molar-refractivity contribution is 7.92. The monoisotopic (exact) mass is 345 g/mol. The van der Waals surface area contributed by atoms with E-state index in [4.69, 9.17) is 0 Å². The second-order valence-corrected chi connectivity index (χ2v) is 9.79. The van der Waals surface area contributed by atoms with Gasteiger partial charge in [0.15, 0.2) is 9.84 Å². The minimum absolute atomic E-state index is 0.0702. The molecule has 124 valence electrons. The molecule has 7 heteroatoms. The summed E-state index contributed by atoms with van der Waals surface area (Å²) in [5, 5.41) is 0. The van der Waals surface area contributed by atoms with Gasteiger partial charge in [0.25, 0.3) is 0 Å². The maximum atomic E-state index is 12.9. The van der Waals surface area contributed by atoms with Gasteiger partial charge < -0.3 is 0 Å². The first kappa shape index (κ1) is 17.4. The van der Waals surface area contributed by atoms with Gasteiger partial charge in [-0.15, -0.1) is 0 Å². The number of nitrogens with zero attached hydrogens (tertiary/aromatic N) is 1. The molecule has 0 saturated carbocycles. The number of benzene rings is 1. The first-order valence-electron chi connectivity index (χ1n) is 7.61. The van der Waals surface area contributed by atoms with E-state index in [1.807, 2.05) is 26.0 Å². The lowest BCUT2D eigenvalue weighted by molar-refractivity contribution is 0.340. The van der Waals surface area contributed by atoms with Crippen molar-refractivity contribution in [2.45, 2.75) is 44.0 Å². The average Bonchev–Trinajstić information content (AvgIpc) is 2.84. The fourth-order valence-electron chi connectivity index (χ4n) is 2.75. The van der Waals surface area contributed by atoms with Gasteiger partial charge >= 0.3 is 0 Å². The Morgan fingerprint density at radius 2 is 1.82 bits per heavy atom. The highest BCUT2D eigenvalue weighted by atomic mass is 32.2. The molecule has 0 N–H and O–H groups in total. The lowest BCUT2D eigenvalue weighted by Gasteiger charge is -2.27. The predicted octanol–water partition coefficient (Wildman–Crippen LogP) is 1.84.